The van der Waals surface area contributed by atoms with Crippen LogP contribution >= 0.6 is 0 Å². The molecule has 0 unspecified atom stereocenters. The van der Waals surface area contributed by atoms with E-state index in [4.69, 9.17) is 5.26 Å². The zero-order chi connectivity index (χ0) is 12.1. The van der Waals surface area contributed by atoms with Crippen molar-refractivity contribution < 1.29 is 9.32 Å². The predicted molar refractivity (Wildman–Crippen MR) is 60.0 cm³/mol. The van der Waals surface area contributed by atoms with Crippen LogP contribution < -0.4 is 5.32 Å². The number of carbonyl (C=O) groups excluding carboxylic acids is 1. The summed E-state index contributed by atoms with van der Waals surface area (Å²) in [7, 11) is 0. The Bertz CT molecular complexity index is 555. The molecule has 0 spiro atoms. The minimum Gasteiger partial charge on any atom is -0.364 e. The number of nitriles is 1. The molecule has 1 aromatic carbocycles. The fraction of sp³-hybridized carbons (Fsp3) is 0.0833. The van der Waals surface area contributed by atoms with Gasteiger partial charge < -0.3 is 9.84 Å². The minimum atomic E-state index is -0.235. The number of hydrogen-bond donors (Lipinski definition) is 1. The van der Waals surface area contributed by atoms with Crippen LogP contribution in [0.1, 0.15) is 11.3 Å². The second-order valence-corrected chi connectivity index (χ2v) is 3.37. The third-order valence-corrected chi connectivity index (χ3v) is 2.15. The van der Waals surface area contributed by atoms with Crippen molar-refractivity contribution >= 4 is 11.6 Å². The molecule has 1 heterocycles. The van der Waals surface area contributed by atoms with Crippen molar-refractivity contribution in [3.63, 3.8) is 0 Å². The first-order valence-electron chi connectivity index (χ1n) is 4.98. The highest BCUT2D eigenvalue weighted by Gasteiger charge is 2.08. The average Bonchev–Trinajstić information content (AvgIpc) is 2.82. The Labute approximate surface area is 97.7 Å². The van der Waals surface area contributed by atoms with Gasteiger partial charge in [-0.05, 0) is 12.1 Å². The Morgan fingerprint density at radius 3 is 2.94 bits per heavy atom. The quantitative estimate of drug-likeness (QED) is 0.865. The van der Waals surface area contributed by atoms with Gasteiger partial charge in [-0.2, -0.15) is 5.26 Å². The SMILES string of the molecule is N#Cc1ccccc1NC(=O)Cc1ccon1. The van der Waals surface area contributed by atoms with Gasteiger partial charge in [-0.3, -0.25) is 4.79 Å². The highest BCUT2D eigenvalue weighted by Crippen LogP contribution is 2.13. The molecule has 0 saturated heterocycles. The van der Waals surface area contributed by atoms with E-state index in [1.54, 1.807) is 30.3 Å². The number of benzene rings is 1. The molecule has 0 aliphatic carbocycles. The molecule has 2 aromatic rings. The van der Waals surface area contributed by atoms with E-state index in [1.165, 1.54) is 6.26 Å². The molecule has 0 radical (unpaired) electrons. The zero-order valence-corrected chi connectivity index (χ0v) is 8.88. The lowest BCUT2D eigenvalue weighted by Crippen LogP contribution is -2.15. The van der Waals surface area contributed by atoms with Crippen molar-refractivity contribution in [2.24, 2.45) is 0 Å². The van der Waals surface area contributed by atoms with Gasteiger partial charge in [0.1, 0.15) is 12.3 Å². The van der Waals surface area contributed by atoms with E-state index in [0.717, 1.165) is 0 Å². The number of nitrogens with one attached hydrogen (secondary N) is 1. The average molecular weight is 227 g/mol. The highest BCUT2D eigenvalue weighted by atomic mass is 16.5. The van der Waals surface area contributed by atoms with Gasteiger partial charge in [0, 0.05) is 6.07 Å². The van der Waals surface area contributed by atoms with Crippen LogP contribution in [0.2, 0.25) is 0 Å². The number of hydrogen-bond acceptors (Lipinski definition) is 4. The minimum absolute atomic E-state index is 0.121. The van der Waals surface area contributed by atoms with Gasteiger partial charge in [-0.15, -0.1) is 0 Å². The van der Waals surface area contributed by atoms with Gasteiger partial charge in [0.2, 0.25) is 5.91 Å². The highest BCUT2D eigenvalue weighted by molar-refractivity contribution is 5.93. The van der Waals surface area contributed by atoms with Crippen molar-refractivity contribution in [1.82, 2.24) is 5.16 Å². The molecule has 0 aliphatic rings. The van der Waals surface area contributed by atoms with Crippen LogP contribution in [-0.2, 0) is 11.2 Å². The van der Waals surface area contributed by atoms with Crippen LogP contribution in [-0.4, -0.2) is 11.1 Å². The van der Waals surface area contributed by atoms with Crippen molar-refractivity contribution in [3.05, 3.63) is 47.9 Å². The summed E-state index contributed by atoms with van der Waals surface area (Å²) >= 11 is 0. The Hall–Kier alpha value is -2.61. The summed E-state index contributed by atoms with van der Waals surface area (Å²) in [5.41, 5.74) is 1.49. The Morgan fingerprint density at radius 1 is 1.41 bits per heavy atom. The maximum absolute atomic E-state index is 11.6. The van der Waals surface area contributed by atoms with E-state index in [9.17, 15) is 4.79 Å². The molecule has 1 N–H and O–H groups in total. The molecule has 5 nitrogen and oxygen atoms in total. The van der Waals surface area contributed by atoms with Crippen molar-refractivity contribution in [1.29, 1.82) is 5.26 Å². The van der Waals surface area contributed by atoms with Gasteiger partial charge >= 0.3 is 0 Å². The summed E-state index contributed by atoms with van der Waals surface area (Å²) in [5.74, 6) is -0.235. The summed E-state index contributed by atoms with van der Waals surface area (Å²) in [4.78, 5) is 11.6. The number of anilines is 1. The third-order valence-electron chi connectivity index (χ3n) is 2.15. The smallest absolute Gasteiger partial charge is 0.230 e. The molecule has 2 rings (SSSR count). The predicted octanol–water partition coefficient (Wildman–Crippen LogP) is 1.73. The molecule has 0 bridgehead atoms. The number of rotatable bonds is 3. The third kappa shape index (κ3) is 2.69. The standard InChI is InChI=1S/C12H9N3O2/c13-8-9-3-1-2-4-11(9)14-12(16)7-10-5-6-17-15-10/h1-6H,7H2,(H,14,16). The van der Waals surface area contributed by atoms with Crippen LogP contribution in [0, 0.1) is 11.3 Å². The molecule has 17 heavy (non-hydrogen) atoms. The molecule has 0 fully saturated rings. The number of para-hydroxylation sites is 1. The van der Waals surface area contributed by atoms with Crippen LogP contribution in [0.4, 0.5) is 5.69 Å². The summed E-state index contributed by atoms with van der Waals surface area (Å²) in [6, 6.07) is 10.5. The van der Waals surface area contributed by atoms with Crippen molar-refractivity contribution in [2.75, 3.05) is 5.32 Å². The Kier molecular flexibility index (Phi) is 3.17. The summed E-state index contributed by atoms with van der Waals surface area (Å²) in [6.07, 6.45) is 1.53. The first-order chi connectivity index (χ1) is 8.29. The van der Waals surface area contributed by atoms with E-state index < -0.39 is 0 Å². The van der Waals surface area contributed by atoms with Crippen LogP contribution in [0.5, 0.6) is 0 Å². The number of aromatic nitrogens is 1. The lowest BCUT2D eigenvalue weighted by Gasteiger charge is -2.05. The second kappa shape index (κ2) is 4.94. The van der Waals surface area contributed by atoms with Crippen LogP contribution in [0.3, 0.4) is 0 Å². The molecule has 84 valence electrons. The molecule has 5 heteroatoms. The molecule has 0 aliphatic heterocycles. The Balaban J connectivity index is 2.06. The van der Waals surface area contributed by atoms with Gasteiger partial charge in [-0.25, -0.2) is 0 Å². The van der Waals surface area contributed by atoms with Crippen molar-refractivity contribution in [2.45, 2.75) is 6.42 Å². The summed E-state index contributed by atoms with van der Waals surface area (Å²) in [5, 5.41) is 15.2. The lowest BCUT2D eigenvalue weighted by molar-refractivity contribution is -0.115. The summed E-state index contributed by atoms with van der Waals surface area (Å²) in [6.45, 7) is 0. The van der Waals surface area contributed by atoms with Crippen LogP contribution in [0.15, 0.2) is 41.1 Å². The largest absolute Gasteiger partial charge is 0.364 e. The van der Waals surface area contributed by atoms with Gasteiger partial charge in [0.25, 0.3) is 0 Å². The number of amides is 1. The number of carbonyl (C=O) groups is 1. The molecule has 1 aromatic heterocycles. The van der Waals surface area contributed by atoms with E-state index >= 15 is 0 Å². The van der Waals surface area contributed by atoms with Crippen LogP contribution in [0.25, 0.3) is 0 Å². The maximum Gasteiger partial charge on any atom is 0.230 e. The molecule has 0 saturated carbocycles. The molecular weight excluding hydrogens is 218 g/mol. The van der Waals surface area contributed by atoms with E-state index in [1.807, 2.05) is 6.07 Å². The Morgan fingerprint density at radius 2 is 2.24 bits per heavy atom. The fourth-order valence-electron chi connectivity index (χ4n) is 1.38. The molecule has 0 atom stereocenters. The lowest BCUT2D eigenvalue weighted by atomic mass is 10.2. The first-order valence-corrected chi connectivity index (χ1v) is 4.98. The normalized spacial score (nSPS) is 9.59. The second-order valence-electron chi connectivity index (χ2n) is 3.37. The topological polar surface area (TPSA) is 78.9 Å². The van der Waals surface area contributed by atoms with E-state index in [-0.39, 0.29) is 12.3 Å². The zero-order valence-electron chi connectivity index (χ0n) is 8.88. The van der Waals surface area contributed by atoms with E-state index in [2.05, 4.69) is 15.0 Å². The molecule has 1 amide bonds. The molecular formula is C12H9N3O2. The van der Waals surface area contributed by atoms with Crippen molar-refractivity contribution in [3.8, 4) is 6.07 Å². The van der Waals surface area contributed by atoms with E-state index in [0.29, 0.717) is 16.9 Å². The van der Waals surface area contributed by atoms with Gasteiger partial charge in [0.15, 0.2) is 0 Å². The monoisotopic (exact) mass is 227 g/mol. The van der Waals surface area contributed by atoms with Gasteiger partial charge in [0.05, 0.1) is 23.4 Å². The maximum atomic E-state index is 11.6. The van der Waals surface area contributed by atoms with Gasteiger partial charge in [-0.1, -0.05) is 17.3 Å². The number of nitrogens with zero attached hydrogens (tertiary/aromatic N) is 2. The first kappa shape index (κ1) is 10.9. The summed E-state index contributed by atoms with van der Waals surface area (Å²) < 4.78 is 4.63. The fourth-order valence-corrected chi connectivity index (χ4v) is 1.38.